The molecule has 2 aliphatic rings. The average molecular weight is 620 g/mol. The first-order chi connectivity index (χ1) is 23.3. The Kier molecular flexibility index (Phi) is 5.69. The van der Waals surface area contributed by atoms with Crippen molar-refractivity contribution >= 4 is 22.7 Å². The van der Waals surface area contributed by atoms with E-state index in [0.717, 1.165) is 33.2 Å². The molecule has 4 nitrogen and oxygen atoms in total. The van der Waals surface area contributed by atoms with Gasteiger partial charge >= 0.3 is 0 Å². The van der Waals surface area contributed by atoms with Gasteiger partial charge in [0.2, 0.25) is 0 Å². The van der Waals surface area contributed by atoms with Crippen LogP contribution in [0.1, 0.15) is 22.3 Å². The molecule has 3 heterocycles. The summed E-state index contributed by atoms with van der Waals surface area (Å²) in [6.07, 6.45) is 1.78. The second-order valence-electron chi connectivity index (χ2n) is 11.9. The smallest absolute Gasteiger partial charge is 0.165 e. The average Bonchev–Trinajstić information content (AvgIpc) is 3.73. The molecule has 8 aromatic rings. The minimum Gasteiger partial charge on any atom is -0.464 e. The van der Waals surface area contributed by atoms with E-state index in [0.29, 0.717) is 17.5 Å². The van der Waals surface area contributed by atoms with E-state index >= 15 is 0 Å². The summed E-state index contributed by atoms with van der Waals surface area (Å²) in [5.41, 5.74) is 10.4. The third-order valence-corrected chi connectivity index (χ3v) is 10.6. The Morgan fingerprint density at radius 2 is 1.00 bits per heavy atom. The Morgan fingerprint density at radius 1 is 0.468 bits per heavy atom. The van der Waals surface area contributed by atoms with Gasteiger partial charge in [0.25, 0.3) is 0 Å². The zero-order valence-corrected chi connectivity index (χ0v) is 25.9. The van der Waals surface area contributed by atoms with Crippen LogP contribution in [-0.4, -0.2) is 15.0 Å². The van der Waals surface area contributed by atoms with Gasteiger partial charge in [0, 0.05) is 31.9 Å². The first kappa shape index (κ1) is 26.4. The minimum absolute atomic E-state index is 0.544. The summed E-state index contributed by atoms with van der Waals surface area (Å²) in [5.74, 6) is 1.89. The topological polar surface area (TPSA) is 51.8 Å². The third-order valence-electron chi connectivity index (χ3n) is 9.49. The highest BCUT2D eigenvalue weighted by Crippen LogP contribution is 2.64. The second-order valence-corrected chi connectivity index (χ2v) is 13.0. The highest BCUT2D eigenvalue weighted by atomic mass is 32.2. The Balaban J connectivity index is 1.36. The van der Waals surface area contributed by atoms with E-state index in [2.05, 4.69) is 103 Å². The fourth-order valence-electron chi connectivity index (χ4n) is 7.59. The normalized spacial score (nSPS) is 13.6. The predicted molar refractivity (Wildman–Crippen MR) is 187 cm³/mol. The number of nitrogens with zero attached hydrogens (tertiary/aromatic N) is 3. The van der Waals surface area contributed by atoms with Crippen LogP contribution in [0.25, 0.3) is 56.3 Å². The molecule has 0 saturated heterocycles. The van der Waals surface area contributed by atoms with Crippen LogP contribution in [0, 0.1) is 0 Å². The molecule has 0 atom stereocenters. The molecule has 1 aliphatic carbocycles. The van der Waals surface area contributed by atoms with E-state index in [1.54, 1.807) is 6.26 Å². The Morgan fingerprint density at radius 3 is 1.64 bits per heavy atom. The number of hydrogen-bond donors (Lipinski definition) is 0. The fourth-order valence-corrected chi connectivity index (χ4v) is 8.78. The molecule has 0 radical (unpaired) electrons. The first-order valence-electron chi connectivity index (χ1n) is 15.7. The maximum absolute atomic E-state index is 6.27. The lowest BCUT2D eigenvalue weighted by Crippen LogP contribution is -2.31. The van der Waals surface area contributed by atoms with Crippen molar-refractivity contribution in [3.8, 4) is 45.3 Å². The predicted octanol–water partition coefficient (Wildman–Crippen LogP) is 10.4. The molecule has 0 amide bonds. The molecule has 0 fully saturated rings. The van der Waals surface area contributed by atoms with Crippen molar-refractivity contribution in [2.75, 3.05) is 0 Å². The Labute approximate surface area is 275 Å². The van der Waals surface area contributed by atoms with E-state index in [1.807, 2.05) is 54.2 Å². The van der Waals surface area contributed by atoms with Crippen LogP contribution >= 0.6 is 11.8 Å². The summed E-state index contributed by atoms with van der Waals surface area (Å²) in [4.78, 5) is 18.0. The number of hydrogen-bond acceptors (Lipinski definition) is 5. The van der Waals surface area contributed by atoms with Crippen molar-refractivity contribution < 1.29 is 4.42 Å². The van der Waals surface area contributed by atoms with Crippen LogP contribution in [0.4, 0.5) is 0 Å². The maximum atomic E-state index is 6.27. The van der Waals surface area contributed by atoms with Gasteiger partial charge in [-0.05, 0) is 57.6 Å². The highest BCUT2D eigenvalue weighted by Gasteiger charge is 2.51. The van der Waals surface area contributed by atoms with E-state index in [1.165, 1.54) is 37.6 Å². The number of furan rings is 1. The quantitative estimate of drug-likeness (QED) is 0.197. The summed E-state index contributed by atoms with van der Waals surface area (Å²) >= 11 is 1.84. The summed E-state index contributed by atoms with van der Waals surface area (Å²) < 4.78 is 6.27. The van der Waals surface area contributed by atoms with Crippen molar-refractivity contribution in [1.82, 2.24) is 15.0 Å². The van der Waals surface area contributed by atoms with Gasteiger partial charge in [-0.1, -0.05) is 133 Å². The number of aromatic nitrogens is 3. The lowest BCUT2D eigenvalue weighted by Gasteiger charge is -2.39. The zero-order chi connectivity index (χ0) is 31.0. The molecule has 2 aromatic heterocycles. The molecule has 47 heavy (non-hydrogen) atoms. The van der Waals surface area contributed by atoms with Gasteiger partial charge in [0.15, 0.2) is 17.5 Å². The lowest BCUT2D eigenvalue weighted by molar-refractivity contribution is 0.614. The Hall–Kier alpha value is -5.78. The van der Waals surface area contributed by atoms with Crippen LogP contribution in [0.3, 0.4) is 0 Å². The molecular formula is C42H25N3OS. The zero-order valence-electron chi connectivity index (χ0n) is 25.1. The third kappa shape index (κ3) is 3.75. The molecule has 5 heteroatoms. The standard InChI is InChI=1S/C42H25N3OS/c1-3-13-26(14-4-1)39-43-40(27-15-5-2-6-16-27)45-41(44-39)38-29-23-24-46-34(29)25-33-37(38)28-17-7-8-18-30(28)42(33)31-19-9-11-21-35(31)47-36-22-12-10-20-32(36)42/h1-25H. The van der Waals surface area contributed by atoms with Gasteiger partial charge in [-0.2, -0.15) is 0 Å². The van der Waals surface area contributed by atoms with Crippen molar-refractivity contribution in [1.29, 1.82) is 0 Å². The molecule has 0 unspecified atom stereocenters. The summed E-state index contributed by atoms with van der Waals surface area (Å²) in [7, 11) is 0. The van der Waals surface area contributed by atoms with Crippen molar-refractivity contribution in [3.63, 3.8) is 0 Å². The molecule has 220 valence electrons. The van der Waals surface area contributed by atoms with Gasteiger partial charge in [-0.15, -0.1) is 0 Å². The summed E-state index contributed by atoms with van der Waals surface area (Å²) in [6, 6.07) is 51.1. The first-order valence-corrected chi connectivity index (χ1v) is 16.5. The lowest BCUT2D eigenvalue weighted by atomic mass is 9.67. The number of benzene rings is 6. The fraction of sp³-hybridized carbons (Fsp3) is 0.0238. The maximum Gasteiger partial charge on any atom is 0.165 e. The largest absolute Gasteiger partial charge is 0.464 e. The molecule has 1 aliphatic heterocycles. The SMILES string of the molecule is c1ccc(-c2nc(-c3ccccc3)nc(-c3c4c(cc5occc35)C3(c5ccccc5Sc5ccccc53)c3ccccc3-4)n2)cc1. The number of rotatable bonds is 3. The van der Waals surface area contributed by atoms with Crippen LogP contribution in [0.5, 0.6) is 0 Å². The van der Waals surface area contributed by atoms with Crippen molar-refractivity contribution in [3.05, 3.63) is 174 Å². The molecule has 0 saturated carbocycles. The second kappa shape index (κ2) is 10.1. The van der Waals surface area contributed by atoms with E-state index in [-0.39, 0.29) is 0 Å². The molecule has 1 spiro atoms. The molecule has 6 aromatic carbocycles. The van der Waals surface area contributed by atoms with Gasteiger partial charge in [-0.25, -0.2) is 15.0 Å². The van der Waals surface area contributed by atoms with Crippen LogP contribution in [0.15, 0.2) is 166 Å². The highest BCUT2D eigenvalue weighted by molar-refractivity contribution is 7.99. The monoisotopic (exact) mass is 619 g/mol. The summed E-state index contributed by atoms with van der Waals surface area (Å²) in [5, 5.41) is 0.978. The van der Waals surface area contributed by atoms with Gasteiger partial charge in [0.05, 0.1) is 11.7 Å². The molecule has 0 N–H and O–H groups in total. The molecule has 0 bridgehead atoms. The summed E-state index contributed by atoms with van der Waals surface area (Å²) in [6.45, 7) is 0. The van der Waals surface area contributed by atoms with Gasteiger partial charge in [-0.3, -0.25) is 0 Å². The molecular weight excluding hydrogens is 595 g/mol. The van der Waals surface area contributed by atoms with E-state index < -0.39 is 5.41 Å². The van der Waals surface area contributed by atoms with Gasteiger partial charge in [0.1, 0.15) is 5.58 Å². The van der Waals surface area contributed by atoms with Gasteiger partial charge < -0.3 is 4.42 Å². The molecule has 10 rings (SSSR count). The minimum atomic E-state index is -0.544. The van der Waals surface area contributed by atoms with Crippen LogP contribution < -0.4 is 0 Å². The van der Waals surface area contributed by atoms with E-state index in [4.69, 9.17) is 19.4 Å². The van der Waals surface area contributed by atoms with Crippen molar-refractivity contribution in [2.24, 2.45) is 0 Å². The Bertz CT molecular complexity index is 2400. The van der Waals surface area contributed by atoms with Crippen LogP contribution in [0.2, 0.25) is 0 Å². The van der Waals surface area contributed by atoms with Crippen LogP contribution in [-0.2, 0) is 5.41 Å². The number of fused-ring (bicyclic) bond motifs is 10. The van der Waals surface area contributed by atoms with E-state index in [9.17, 15) is 0 Å². The van der Waals surface area contributed by atoms with Crippen molar-refractivity contribution in [2.45, 2.75) is 15.2 Å².